The molecule has 34 heavy (non-hydrogen) atoms. The Morgan fingerprint density at radius 3 is 2.74 bits per heavy atom. The van der Waals surface area contributed by atoms with E-state index < -0.39 is 40.9 Å². The standard InChI is InChI=1S/C24H19F2N3O4Se/c25-16-6-5-13-15(20(16)26)12-34-18-4-2-1-3-14(18)21(13)29-19-11-33-10-9-27(19)24(32)22-23(31)17(30)7-8-28(22)29/h1-8,19,21,31H,9-12H2/t19-,21-/m1/s1. The number of morpholine rings is 1. The number of fused-ring (bicyclic) bond motifs is 4. The van der Waals surface area contributed by atoms with Crippen LogP contribution in [-0.4, -0.2) is 61.5 Å². The number of hydrogen-bond acceptors (Lipinski definition) is 5. The Morgan fingerprint density at radius 1 is 1.06 bits per heavy atom. The van der Waals surface area contributed by atoms with Crippen LogP contribution in [0.2, 0.25) is 0 Å². The average Bonchev–Trinajstić information content (AvgIpc) is 3.01. The summed E-state index contributed by atoms with van der Waals surface area (Å²) in [6.45, 7) is 0.765. The van der Waals surface area contributed by atoms with Gasteiger partial charge in [0.15, 0.2) is 0 Å². The van der Waals surface area contributed by atoms with Crippen molar-refractivity contribution >= 4 is 25.3 Å². The summed E-state index contributed by atoms with van der Waals surface area (Å²) in [5, 5.41) is 12.8. The van der Waals surface area contributed by atoms with Gasteiger partial charge in [0.25, 0.3) is 0 Å². The molecule has 2 aromatic carbocycles. The number of carbonyl (C=O) groups is 1. The summed E-state index contributed by atoms with van der Waals surface area (Å²) in [6, 6.07) is 11.0. The van der Waals surface area contributed by atoms with E-state index in [0.29, 0.717) is 23.1 Å². The number of rotatable bonds is 1. The fourth-order valence-corrected chi connectivity index (χ4v) is 7.32. The van der Waals surface area contributed by atoms with Crippen LogP contribution >= 0.6 is 0 Å². The first kappa shape index (κ1) is 21.3. The van der Waals surface area contributed by atoms with Crippen molar-refractivity contribution in [1.29, 1.82) is 0 Å². The number of aromatic hydroxyl groups is 1. The molecular weight excluding hydrogens is 511 g/mol. The first-order chi connectivity index (χ1) is 16.5. The van der Waals surface area contributed by atoms with E-state index in [0.717, 1.165) is 16.1 Å². The van der Waals surface area contributed by atoms with Crippen molar-refractivity contribution in [2.45, 2.75) is 17.5 Å². The molecule has 0 aliphatic carbocycles. The van der Waals surface area contributed by atoms with Crippen molar-refractivity contribution in [3.8, 4) is 5.75 Å². The van der Waals surface area contributed by atoms with Gasteiger partial charge in [0.1, 0.15) is 0 Å². The molecule has 1 amide bonds. The van der Waals surface area contributed by atoms with Crippen molar-refractivity contribution in [3.05, 3.63) is 92.9 Å². The van der Waals surface area contributed by atoms with Gasteiger partial charge in [-0.3, -0.25) is 0 Å². The average molecular weight is 530 g/mol. The normalized spacial score (nSPS) is 21.3. The summed E-state index contributed by atoms with van der Waals surface area (Å²) in [4.78, 5) is 27.1. The van der Waals surface area contributed by atoms with E-state index in [1.807, 2.05) is 29.3 Å². The van der Waals surface area contributed by atoms with Gasteiger partial charge in [-0.05, 0) is 0 Å². The van der Waals surface area contributed by atoms with Gasteiger partial charge >= 0.3 is 199 Å². The van der Waals surface area contributed by atoms with Crippen LogP contribution in [0.5, 0.6) is 5.75 Å². The molecule has 3 aromatic rings. The molecule has 6 rings (SSSR count). The molecule has 1 saturated heterocycles. The van der Waals surface area contributed by atoms with Gasteiger partial charge in [0.05, 0.1) is 0 Å². The molecule has 7 nitrogen and oxygen atoms in total. The number of halogens is 2. The van der Waals surface area contributed by atoms with Gasteiger partial charge < -0.3 is 0 Å². The summed E-state index contributed by atoms with van der Waals surface area (Å²) >= 11 is -0.155. The van der Waals surface area contributed by atoms with Gasteiger partial charge in [-0.25, -0.2) is 0 Å². The second-order valence-corrected chi connectivity index (χ2v) is 10.4. The maximum absolute atomic E-state index is 15.1. The topological polar surface area (TPSA) is 75.0 Å². The van der Waals surface area contributed by atoms with Crippen molar-refractivity contribution in [2.75, 3.05) is 24.8 Å². The van der Waals surface area contributed by atoms with Crippen LogP contribution in [0.25, 0.3) is 0 Å². The molecule has 0 radical (unpaired) electrons. The summed E-state index contributed by atoms with van der Waals surface area (Å²) < 4.78 is 37.6. The van der Waals surface area contributed by atoms with Gasteiger partial charge in [-0.2, -0.15) is 0 Å². The second-order valence-electron chi connectivity index (χ2n) is 8.31. The number of aromatic nitrogens is 1. The number of hydrogen-bond donors (Lipinski definition) is 1. The Morgan fingerprint density at radius 2 is 1.88 bits per heavy atom. The summed E-state index contributed by atoms with van der Waals surface area (Å²) in [5.74, 6) is -2.89. The zero-order valence-corrected chi connectivity index (χ0v) is 19.5. The van der Waals surface area contributed by atoms with Crippen molar-refractivity contribution in [3.63, 3.8) is 0 Å². The Hall–Kier alpha value is -3.20. The first-order valence-corrected chi connectivity index (χ1v) is 12.8. The molecule has 4 heterocycles. The molecule has 0 bridgehead atoms. The van der Waals surface area contributed by atoms with E-state index in [4.69, 9.17) is 4.74 Å². The third-order valence-corrected chi connectivity index (χ3v) is 8.89. The molecule has 2 atom stereocenters. The monoisotopic (exact) mass is 531 g/mol. The van der Waals surface area contributed by atoms with Crippen LogP contribution < -0.4 is 14.9 Å². The van der Waals surface area contributed by atoms with Gasteiger partial charge in [0.2, 0.25) is 0 Å². The molecule has 0 spiro atoms. The number of amides is 1. The van der Waals surface area contributed by atoms with Gasteiger partial charge in [-0.15, -0.1) is 0 Å². The van der Waals surface area contributed by atoms with Gasteiger partial charge in [-0.1, -0.05) is 0 Å². The molecule has 1 aromatic heterocycles. The third-order valence-electron chi connectivity index (χ3n) is 6.55. The van der Waals surface area contributed by atoms with Crippen molar-refractivity contribution in [1.82, 2.24) is 9.58 Å². The summed E-state index contributed by atoms with van der Waals surface area (Å²) in [5.41, 5.74) is 0.964. The van der Waals surface area contributed by atoms with Gasteiger partial charge in [0, 0.05) is 0 Å². The molecule has 10 heteroatoms. The fourth-order valence-electron chi connectivity index (χ4n) is 4.98. The number of ether oxygens (including phenoxy) is 1. The van der Waals surface area contributed by atoms with Crippen molar-refractivity contribution < 1.29 is 23.4 Å². The Bertz CT molecular complexity index is 1400. The number of benzene rings is 2. The molecular formula is C24H19F2N3O4Se. The van der Waals surface area contributed by atoms with E-state index in [1.165, 1.54) is 16.9 Å². The SMILES string of the molecule is O=C1c2c(O)c(=O)ccn2N([C@H]2c3ccccc3[Se]Cc3c2ccc(F)c3F)[C@@H]2COCCN12. The molecule has 3 aliphatic rings. The first-order valence-electron chi connectivity index (χ1n) is 10.8. The van der Waals surface area contributed by atoms with Crippen molar-refractivity contribution in [2.24, 2.45) is 0 Å². The Labute approximate surface area is 199 Å². The van der Waals surface area contributed by atoms with Crippen LogP contribution in [0.3, 0.4) is 0 Å². The second kappa shape index (κ2) is 7.94. The zero-order chi connectivity index (χ0) is 23.6. The molecule has 0 saturated carbocycles. The zero-order valence-electron chi connectivity index (χ0n) is 17.8. The third kappa shape index (κ3) is 3.02. The minimum absolute atomic E-state index is 0.151. The molecule has 0 unspecified atom stereocenters. The predicted octanol–water partition coefficient (Wildman–Crippen LogP) is 1.21. The Balaban J connectivity index is 1.67. The molecule has 1 fully saturated rings. The Kier molecular flexibility index (Phi) is 4.98. The van der Waals surface area contributed by atoms with Crippen LogP contribution in [0.15, 0.2) is 53.5 Å². The molecule has 174 valence electrons. The van der Waals surface area contributed by atoms with Crippen LogP contribution in [0.4, 0.5) is 8.78 Å². The summed E-state index contributed by atoms with van der Waals surface area (Å²) in [6.07, 6.45) is 0.861. The van der Waals surface area contributed by atoms with E-state index in [9.17, 15) is 19.1 Å². The summed E-state index contributed by atoms with van der Waals surface area (Å²) in [7, 11) is 0. The molecule has 3 aliphatic heterocycles. The van der Waals surface area contributed by atoms with E-state index >= 15 is 4.39 Å². The quantitative estimate of drug-likeness (QED) is 0.479. The van der Waals surface area contributed by atoms with Crippen LogP contribution in [-0.2, 0) is 10.1 Å². The van der Waals surface area contributed by atoms with E-state index in [-0.39, 0.29) is 33.8 Å². The van der Waals surface area contributed by atoms with Crippen LogP contribution in [0.1, 0.15) is 33.2 Å². The maximum atomic E-state index is 15.1. The number of carbonyl (C=O) groups excluding carboxylic acids is 1. The number of nitrogens with zero attached hydrogens (tertiary/aromatic N) is 3. The number of pyridine rings is 1. The molecule has 1 N–H and O–H groups in total. The van der Waals surface area contributed by atoms with E-state index in [1.54, 1.807) is 11.0 Å². The predicted molar refractivity (Wildman–Crippen MR) is 120 cm³/mol. The van der Waals surface area contributed by atoms with Crippen LogP contribution in [0, 0.1) is 11.6 Å². The minimum atomic E-state index is -0.905. The fraction of sp³-hybridized carbons (Fsp3) is 0.250. The van der Waals surface area contributed by atoms with E-state index in [2.05, 4.69) is 0 Å².